The average Bonchev–Trinajstić information content (AvgIpc) is 3.25. The summed E-state index contributed by atoms with van der Waals surface area (Å²) in [7, 11) is 0. The maximum Gasteiger partial charge on any atom is 0.274 e. The Labute approximate surface area is 168 Å². The van der Waals surface area contributed by atoms with Gasteiger partial charge in [-0.05, 0) is 74.4 Å². The lowest BCUT2D eigenvalue weighted by Gasteiger charge is -2.17. The first-order valence-corrected chi connectivity index (χ1v) is 9.61. The van der Waals surface area contributed by atoms with Gasteiger partial charge >= 0.3 is 0 Å². The minimum Gasteiger partial charge on any atom is -0.372 e. The lowest BCUT2D eigenvalue weighted by atomic mass is 10.2. The van der Waals surface area contributed by atoms with Crippen LogP contribution in [0.15, 0.2) is 54.6 Å². The van der Waals surface area contributed by atoms with E-state index in [4.69, 9.17) is 0 Å². The third kappa shape index (κ3) is 4.68. The molecule has 0 aliphatic carbocycles. The van der Waals surface area contributed by atoms with Crippen LogP contribution >= 0.6 is 0 Å². The number of carbonyl (C=O) groups excluding carboxylic acids is 1. The Bertz CT molecular complexity index is 999. The number of carbonyl (C=O) groups is 1. The number of hydrogen-bond donors (Lipinski definition) is 2. The summed E-state index contributed by atoms with van der Waals surface area (Å²) < 4.78 is 13.1. The fourth-order valence-corrected chi connectivity index (χ4v) is 3.33. The number of rotatable bonds is 5. The van der Waals surface area contributed by atoms with E-state index in [-0.39, 0.29) is 23.4 Å². The largest absolute Gasteiger partial charge is 0.372 e. The van der Waals surface area contributed by atoms with E-state index in [0.29, 0.717) is 17.1 Å². The van der Waals surface area contributed by atoms with Crippen molar-refractivity contribution in [1.29, 1.82) is 0 Å². The van der Waals surface area contributed by atoms with Gasteiger partial charge in [-0.25, -0.2) is 14.4 Å². The van der Waals surface area contributed by atoms with Crippen LogP contribution in [0.25, 0.3) is 0 Å². The highest BCUT2D eigenvalue weighted by Crippen LogP contribution is 2.22. The molecule has 1 aliphatic heterocycles. The van der Waals surface area contributed by atoms with Crippen LogP contribution in [0.4, 0.5) is 27.4 Å². The van der Waals surface area contributed by atoms with Crippen LogP contribution in [0.5, 0.6) is 0 Å². The summed E-state index contributed by atoms with van der Waals surface area (Å²) >= 11 is 0. The number of nitrogens with zero attached hydrogens (tertiary/aromatic N) is 3. The highest BCUT2D eigenvalue weighted by molar-refractivity contribution is 6.03. The lowest BCUT2D eigenvalue weighted by molar-refractivity contribution is 0.102. The molecule has 3 aromatic rings. The third-order valence-corrected chi connectivity index (χ3v) is 4.78. The van der Waals surface area contributed by atoms with E-state index in [9.17, 15) is 9.18 Å². The number of amides is 1. The van der Waals surface area contributed by atoms with Gasteiger partial charge in [0.25, 0.3) is 5.91 Å². The normalized spacial score (nSPS) is 13.4. The zero-order valence-electron chi connectivity index (χ0n) is 16.2. The second-order valence-electron chi connectivity index (χ2n) is 7.05. The van der Waals surface area contributed by atoms with Crippen LogP contribution in [0.1, 0.15) is 29.0 Å². The van der Waals surface area contributed by atoms with Crippen molar-refractivity contribution in [2.45, 2.75) is 19.8 Å². The molecule has 1 aliphatic rings. The number of aromatic nitrogens is 2. The second kappa shape index (κ2) is 8.26. The number of anilines is 4. The summed E-state index contributed by atoms with van der Waals surface area (Å²) in [6.45, 7) is 3.95. The van der Waals surface area contributed by atoms with Crippen molar-refractivity contribution in [1.82, 2.24) is 9.97 Å². The minimum absolute atomic E-state index is 0.255. The van der Waals surface area contributed by atoms with Gasteiger partial charge in [-0.15, -0.1) is 0 Å². The van der Waals surface area contributed by atoms with Gasteiger partial charge in [0.1, 0.15) is 11.5 Å². The van der Waals surface area contributed by atoms with Gasteiger partial charge < -0.3 is 15.5 Å². The zero-order valence-corrected chi connectivity index (χ0v) is 16.2. The highest BCUT2D eigenvalue weighted by Gasteiger charge is 2.14. The van der Waals surface area contributed by atoms with Gasteiger partial charge in [0.05, 0.1) is 0 Å². The first-order valence-electron chi connectivity index (χ1n) is 9.61. The highest BCUT2D eigenvalue weighted by atomic mass is 19.1. The quantitative estimate of drug-likeness (QED) is 0.669. The molecule has 6 nitrogen and oxygen atoms in total. The van der Waals surface area contributed by atoms with Crippen LogP contribution in [0.2, 0.25) is 0 Å². The first kappa shape index (κ1) is 18.9. The summed E-state index contributed by atoms with van der Waals surface area (Å²) in [5.41, 5.74) is 3.43. The molecule has 0 radical (unpaired) electrons. The van der Waals surface area contributed by atoms with Crippen molar-refractivity contribution in [3.8, 4) is 0 Å². The third-order valence-electron chi connectivity index (χ3n) is 4.78. The molecular weight excluding hydrogens is 369 g/mol. The Kier molecular flexibility index (Phi) is 5.37. The lowest BCUT2D eigenvalue weighted by Crippen LogP contribution is -2.18. The molecule has 2 N–H and O–H groups in total. The molecule has 0 saturated carbocycles. The summed E-state index contributed by atoms with van der Waals surface area (Å²) in [5, 5.41) is 5.87. The fourth-order valence-electron chi connectivity index (χ4n) is 3.33. The Morgan fingerprint density at radius 3 is 2.31 bits per heavy atom. The van der Waals surface area contributed by atoms with Gasteiger partial charge in [0.15, 0.2) is 0 Å². The van der Waals surface area contributed by atoms with E-state index < -0.39 is 0 Å². The molecule has 1 saturated heterocycles. The summed E-state index contributed by atoms with van der Waals surface area (Å²) in [6, 6.07) is 15.3. The predicted octanol–water partition coefficient (Wildman–Crippen LogP) is 4.52. The van der Waals surface area contributed by atoms with Gasteiger partial charge in [-0.1, -0.05) is 0 Å². The molecule has 2 aromatic carbocycles. The number of aryl methyl sites for hydroxylation is 1. The molecule has 1 fully saturated rings. The maximum absolute atomic E-state index is 13.1. The standard InChI is InChI=1S/C22H22FN5O/c1-15-14-20(27-22(24-15)26-18-6-4-16(23)5-7-18)21(29)25-17-8-10-19(11-9-17)28-12-2-3-13-28/h4-11,14H,2-3,12-13H2,1H3,(H,25,29)(H,24,26,27). The molecule has 0 atom stereocenters. The molecule has 7 heteroatoms. The molecule has 1 amide bonds. The number of nitrogens with one attached hydrogen (secondary N) is 2. The van der Waals surface area contributed by atoms with Crippen LogP contribution in [0.3, 0.4) is 0 Å². The molecular formula is C22H22FN5O. The topological polar surface area (TPSA) is 70.2 Å². The monoisotopic (exact) mass is 391 g/mol. The van der Waals surface area contributed by atoms with Gasteiger partial charge in [-0.2, -0.15) is 0 Å². The number of hydrogen-bond acceptors (Lipinski definition) is 5. The van der Waals surface area contributed by atoms with Crippen molar-refractivity contribution in [3.05, 3.63) is 71.8 Å². The Morgan fingerprint density at radius 1 is 0.966 bits per heavy atom. The smallest absolute Gasteiger partial charge is 0.274 e. The molecule has 1 aromatic heterocycles. The van der Waals surface area contributed by atoms with Crippen LogP contribution in [0, 0.1) is 12.7 Å². The van der Waals surface area contributed by atoms with Crippen molar-refractivity contribution in [2.75, 3.05) is 28.6 Å². The van der Waals surface area contributed by atoms with Gasteiger partial charge in [0, 0.05) is 35.8 Å². The number of halogens is 1. The SMILES string of the molecule is Cc1cc(C(=O)Nc2ccc(N3CCCC3)cc2)nc(Nc2ccc(F)cc2)n1. The van der Waals surface area contributed by atoms with Crippen molar-refractivity contribution >= 4 is 28.9 Å². The number of benzene rings is 2. The molecule has 148 valence electrons. The van der Waals surface area contributed by atoms with E-state index in [1.807, 2.05) is 24.3 Å². The van der Waals surface area contributed by atoms with Crippen LogP contribution in [-0.2, 0) is 0 Å². The summed E-state index contributed by atoms with van der Waals surface area (Å²) in [5.74, 6) is -0.353. The molecule has 0 unspecified atom stereocenters. The van der Waals surface area contributed by atoms with Gasteiger partial charge in [0.2, 0.25) is 5.95 Å². The molecule has 4 rings (SSSR count). The maximum atomic E-state index is 13.1. The minimum atomic E-state index is -0.323. The van der Waals surface area contributed by atoms with Crippen molar-refractivity contribution < 1.29 is 9.18 Å². The zero-order chi connectivity index (χ0) is 20.2. The van der Waals surface area contributed by atoms with E-state index in [1.165, 1.54) is 30.7 Å². The molecule has 0 spiro atoms. The Hall–Kier alpha value is -3.48. The van der Waals surface area contributed by atoms with Crippen LogP contribution < -0.4 is 15.5 Å². The average molecular weight is 391 g/mol. The predicted molar refractivity (Wildman–Crippen MR) is 112 cm³/mol. The molecule has 2 heterocycles. The van der Waals surface area contributed by atoms with Crippen molar-refractivity contribution in [3.63, 3.8) is 0 Å². The second-order valence-corrected chi connectivity index (χ2v) is 7.05. The first-order chi connectivity index (χ1) is 14.1. The van der Waals surface area contributed by atoms with E-state index in [2.05, 4.69) is 25.5 Å². The molecule has 0 bridgehead atoms. The van der Waals surface area contributed by atoms with E-state index in [1.54, 1.807) is 25.1 Å². The fraction of sp³-hybridized carbons (Fsp3) is 0.227. The van der Waals surface area contributed by atoms with Crippen molar-refractivity contribution in [2.24, 2.45) is 0 Å². The Morgan fingerprint density at radius 2 is 1.62 bits per heavy atom. The summed E-state index contributed by atoms with van der Waals surface area (Å²) in [6.07, 6.45) is 2.44. The summed E-state index contributed by atoms with van der Waals surface area (Å²) in [4.78, 5) is 23.6. The Balaban J connectivity index is 1.46. The van der Waals surface area contributed by atoms with E-state index in [0.717, 1.165) is 13.1 Å². The van der Waals surface area contributed by atoms with Crippen LogP contribution in [-0.4, -0.2) is 29.0 Å². The van der Waals surface area contributed by atoms with Gasteiger partial charge in [-0.3, -0.25) is 4.79 Å². The van der Waals surface area contributed by atoms with E-state index >= 15 is 0 Å². The molecule has 29 heavy (non-hydrogen) atoms.